The van der Waals surface area contributed by atoms with E-state index in [4.69, 9.17) is 9.47 Å². The number of methoxy groups -OCH3 is 1. The summed E-state index contributed by atoms with van der Waals surface area (Å²) < 4.78 is 11.3. The smallest absolute Gasteiger partial charge is 0.118 e. The van der Waals surface area contributed by atoms with Crippen LogP contribution in [0.2, 0.25) is 0 Å². The minimum atomic E-state index is 0.151. The van der Waals surface area contributed by atoms with E-state index in [2.05, 4.69) is 50.2 Å². The molecule has 0 spiro atoms. The van der Waals surface area contributed by atoms with Gasteiger partial charge in [-0.2, -0.15) is 0 Å². The molecule has 2 aromatic rings. The van der Waals surface area contributed by atoms with Crippen LogP contribution in [-0.4, -0.2) is 13.7 Å². The van der Waals surface area contributed by atoms with Gasteiger partial charge in [0.25, 0.3) is 0 Å². The number of hydrogen-bond acceptors (Lipinski definition) is 2. The summed E-state index contributed by atoms with van der Waals surface area (Å²) in [6, 6.07) is 16.9. The number of ether oxygens (including phenoxy) is 2. The largest absolute Gasteiger partial charge is 0.497 e. The fraction of sp³-hybridized carbons (Fsp3) is 0.556. The number of benzene rings is 2. The molecule has 0 aliphatic carbocycles. The highest BCUT2D eigenvalue weighted by Crippen LogP contribution is 2.25. The molecule has 0 aliphatic rings. The molecule has 1 unspecified atom stereocenters. The van der Waals surface area contributed by atoms with E-state index >= 15 is 0 Å². The van der Waals surface area contributed by atoms with Crippen LogP contribution in [0.4, 0.5) is 0 Å². The second-order valence-electron chi connectivity index (χ2n) is 8.05. The second kappa shape index (κ2) is 14.2. The maximum atomic E-state index is 6.06. The van der Waals surface area contributed by atoms with Crippen LogP contribution < -0.4 is 4.74 Å². The number of rotatable bonds is 15. The molecule has 0 aromatic heterocycles. The fourth-order valence-electron chi connectivity index (χ4n) is 3.68. The summed E-state index contributed by atoms with van der Waals surface area (Å²) in [5.41, 5.74) is 3.67. The Morgan fingerprint density at radius 3 is 1.66 bits per heavy atom. The minimum Gasteiger partial charge on any atom is -0.497 e. The predicted octanol–water partition coefficient (Wildman–Crippen LogP) is 8.36. The van der Waals surface area contributed by atoms with Crippen molar-refractivity contribution in [1.29, 1.82) is 0 Å². The van der Waals surface area contributed by atoms with Crippen LogP contribution in [0.5, 0.6) is 5.75 Å². The standard InChI is InChI=1S/C27H40O2/c1-4-5-6-7-8-9-10-11-12-13-22-29-23(2)24-14-16-25(17-15-24)26-18-20-27(28-3)21-19-26/h14-21,23H,4-13,22H2,1-3H3. The highest BCUT2D eigenvalue weighted by molar-refractivity contribution is 5.64. The van der Waals surface area contributed by atoms with Crippen molar-refractivity contribution in [1.82, 2.24) is 0 Å². The first-order valence-electron chi connectivity index (χ1n) is 11.6. The Hall–Kier alpha value is -1.80. The van der Waals surface area contributed by atoms with Crippen LogP contribution in [0.15, 0.2) is 48.5 Å². The lowest BCUT2D eigenvalue weighted by Gasteiger charge is -2.14. The van der Waals surface area contributed by atoms with Gasteiger partial charge in [0, 0.05) is 6.61 Å². The third-order valence-corrected chi connectivity index (χ3v) is 5.67. The lowest BCUT2D eigenvalue weighted by atomic mass is 10.0. The van der Waals surface area contributed by atoms with E-state index in [1.807, 2.05) is 12.1 Å². The van der Waals surface area contributed by atoms with Crippen molar-refractivity contribution in [3.05, 3.63) is 54.1 Å². The summed E-state index contributed by atoms with van der Waals surface area (Å²) >= 11 is 0. The normalized spacial score (nSPS) is 12.1. The van der Waals surface area contributed by atoms with Crippen molar-refractivity contribution < 1.29 is 9.47 Å². The maximum absolute atomic E-state index is 6.06. The topological polar surface area (TPSA) is 18.5 Å². The van der Waals surface area contributed by atoms with Gasteiger partial charge in [0.15, 0.2) is 0 Å². The van der Waals surface area contributed by atoms with Gasteiger partial charge < -0.3 is 9.47 Å². The molecule has 0 saturated carbocycles. The van der Waals surface area contributed by atoms with Crippen LogP contribution in [0, 0.1) is 0 Å². The molecular weight excluding hydrogens is 356 g/mol. The highest BCUT2D eigenvalue weighted by atomic mass is 16.5. The highest BCUT2D eigenvalue weighted by Gasteiger charge is 2.06. The van der Waals surface area contributed by atoms with Gasteiger partial charge in [-0.05, 0) is 42.2 Å². The lowest BCUT2D eigenvalue weighted by molar-refractivity contribution is 0.0627. The van der Waals surface area contributed by atoms with Gasteiger partial charge in [-0.25, -0.2) is 0 Å². The van der Waals surface area contributed by atoms with Crippen LogP contribution in [0.25, 0.3) is 11.1 Å². The van der Waals surface area contributed by atoms with Crippen LogP contribution in [-0.2, 0) is 4.74 Å². The third kappa shape index (κ3) is 9.04. The van der Waals surface area contributed by atoms with E-state index in [1.165, 1.54) is 80.9 Å². The first kappa shape index (κ1) is 23.5. The molecule has 0 heterocycles. The first-order valence-corrected chi connectivity index (χ1v) is 11.6. The molecule has 0 amide bonds. The molecule has 0 N–H and O–H groups in total. The van der Waals surface area contributed by atoms with Crippen LogP contribution in [0.3, 0.4) is 0 Å². The summed E-state index contributed by atoms with van der Waals surface area (Å²) in [7, 11) is 1.70. The Morgan fingerprint density at radius 1 is 0.655 bits per heavy atom. The van der Waals surface area contributed by atoms with Crippen molar-refractivity contribution in [2.75, 3.05) is 13.7 Å². The monoisotopic (exact) mass is 396 g/mol. The van der Waals surface area contributed by atoms with E-state index in [1.54, 1.807) is 7.11 Å². The summed E-state index contributed by atoms with van der Waals surface area (Å²) in [4.78, 5) is 0. The molecule has 160 valence electrons. The first-order chi connectivity index (χ1) is 14.2. The SMILES string of the molecule is CCCCCCCCCCCCOC(C)c1ccc(-c2ccc(OC)cc2)cc1. The quantitative estimate of drug-likeness (QED) is 0.281. The number of hydrogen-bond donors (Lipinski definition) is 0. The molecule has 2 aromatic carbocycles. The van der Waals surface area contributed by atoms with Crippen LogP contribution in [0.1, 0.15) is 89.7 Å². The summed E-state index contributed by atoms with van der Waals surface area (Å²) in [5.74, 6) is 0.888. The molecule has 0 radical (unpaired) electrons. The van der Waals surface area contributed by atoms with E-state index in [0.29, 0.717) is 0 Å². The Balaban J connectivity index is 1.60. The molecule has 2 nitrogen and oxygen atoms in total. The Kier molecular flexibility index (Phi) is 11.5. The van der Waals surface area contributed by atoms with Crippen molar-refractivity contribution in [3.8, 4) is 16.9 Å². The molecule has 29 heavy (non-hydrogen) atoms. The zero-order valence-electron chi connectivity index (χ0n) is 18.8. The number of unbranched alkanes of at least 4 members (excludes halogenated alkanes) is 9. The summed E-state index contributed by atoms with van der Waals surface area (Å²) in [6.07, 6.45) is 13.7. The van der Waals surface area contributed by atoms with Gasteiger partial charge in [0.1, 0.15) is 5.75 Å². The van der Waals surface area contributed by atoms with Gasteiger partial charge >= 0.3 is 0 Å². The zero-order valence-corrected chi connectivity index (χ0v) is 18.8. The fourth-order valence-corrected chi connectivity index (χ4v) is 3.68. The average molecular weight is 397 g/mol. The van der Waals surface area contributed by atoms with E-state index in [-0.39, 0.29) is 6.10 Å². The predicted molar refractivity (Wildman–Crippen MR) is 125 cm³/mol. The van der Waals surface area contributed by atoms with Crippen molar-refractivity contribution >= 4 is 0 Å². The van der Waals surface area contributed by atoms with Crippen molar-refractivity contribution in [2.45, 2.75) is 84.2 Å². The van der Waals surface area contributed by atoms with Gasteiger partial charge in [0.05, 0.1) is 13.2 Å². The van der Waals surface area contributed by atoms with Gasteiger partial charge in [0.2, 0.25) is 0 Å². The summed E-state index contributed by atoms with van der Waals surface area (Å²) in [5, 5.41) is 0. The van der Waals surface area contributed by atoms with E-state index in [9.17, 15) is 0 Å². The Labute approximate surface area is 178 Å². The molecule has 2 heteroatoms. The average Bonchev–Trinajstić information content (AvgIpc) is 2.77. The van der Waals surface area contributed by atoms with Gasteiger partial charge in [-0.15, -0.1) is 0 Å². The minimum absolute atomic E-state index is 0.151. The Morgan fingerprint density at radius 2 is 1.14 bits per heavy atom. The molecular formula is C27H40O2. The molecule has 1 atom stereocenters. The molecule has 0 bridgehead atoms. The van der Waals surface area contributed by atoms with E-state index < -0.39 is 0 Å². The lowest BCUT2D eigenvalue weighted by Crippen LogP contribution is -2.01. The van der Waals surface area contributed by atoms with Crippen LogP contribution >= 0.6 is 0 Å². The zero-order chi connectivity index (χ0) is 20.7. The van der Waals surface area contributed by atoms with Gasteiger partial charge in [-0.3, -0.25) is 0 Å². The van der Waals surface area contributed by atoms with Gasteiger partial charge in [-0.1, -0.05) is 101 Å². The Bertz CT molecular complexity index is 645. The second-order valence-corrected chi connectivity index (χ2v) is 8.05. The third-order valence-electron chi connectivity index (χ3n) is 5.67. The van der Waals surface area contributed by atoms with Crippen molar-refractivity contribution in [3.63, 3.8) is 0 Å². The van der Waals surface area contributed by atoms with Crippen molar-refractivity contribution in [2.24, 2.45) is 0 Å². The molecule has 0 fully saturated rings. The maximum Gasteiger partial charge on any atom is 0.118 e. The molecule has 2 rings (SSSR count). The van der Waals surface area contributed by atoms with E-state index in [0.717, 1.165) is 12.4 Å². The molecule has 0 aliphatic heterocycles. The molecule has 0 saturated heterocycles. The summed E-state index contributed by atoms with van der Waals surface area (Å²) in [6.45, 7) is 5.29.